The average molecular weight is 433 g/mol. The molecule has 30 heavy (non-hydrogen) atoms. The quantitative estimate of drug-likeness (QED) is 0.700. The molecular formula is C22H32N4O3S. The standard InChI is InChI=1S/C22H32N4O3S/c1-5-6-9-25-19(23)18(20(27)24-22(25)29)26(12-13(2)3)21(28)17-11-15-10-14(4)7-8-16(15)30-17/h11,13-14H,5-10,12,23H2,1-4H3,(H,24,27,29)/t14-/m1/s1. The molecule has 0 spiro atoms. The Labute approximate surface area is 180 Å². The molecule has 0 fully saturated rings. The number of nitrogen functional groups attached to an aromatic ring is 1. The lowest BCUT2D eigenvalue weighted by Crippen LogP contribution is -2.42. The third-order valence-electron chi connectivity index (χ3n) is 5.55. The van der Waals surface area contributed by atoms with Gasteiger partial charge in [-0.3, -0.25) is 24.0 Å². The number of thiophene rings is 1. The summed E-state index contributed by atoms with van der Waals surface area (Å²) in [5.74, 6) is 0.565. The second-order valence-electron chi connectivity index (χ2n) is 8.71. The summed E-state index contributed by atoms with van der Waals surface area (Å²) in [5, 5.41) is 0. The molecule has 0 saturated heterocycles. The zero-order valence-corrected chi connectivity index (χ0v) is 19.1. The molecule has 2 aromatic heterocycles. The summed E-state index contributed by atoms with van der Waals surface area (Å²) in [6, 6.07) is 1.98. The maximum absolute atomic E-state index is 13.5. The number of aryl methyl sites for hydroxylation is 1. The average Bonchev–Trinajstić information content (AvgIpc) is 3.09. The van der Waals surface area contributed by atoms with E-state index >= 15 is 0 Å². The van der Waals surface area contributed by atoms with Gasteiger partial charge in [-0.2, -0.15) is 0 Å². The highest BCUT2D eigenvalue weighted by Gasteiger charge is 2.28. The number of nitrogens with zero attached hydrogens (tertiary/aromatic N) is 2. The fourth-order valence-electron chi connectivity index (χ4n) is 3.96. The van der Waals surface area contributed by atoms with E-state index in [1.54, 1.807) is 0 Å². The van der Waals surface area contributed by atoms with E-state index in [1.807, 2.05) is 26.8 Å². The summed E-state index contributed by atoms with van der Waals surface area (Å²) in [4.78, 5) is 44.3. The first-order valence-electron chi connectivity index (χ1n) is 10.8. The highest BCUT2D eigenvalue weighted by atomic mass is 32.1. The van der Waals surface area contributed by atoms with Crippen LogP contribution in [0.5, 0.6) is 0 Å². The largest absolute Gasteiger partial charge is 0.383 e. The van der Waals surface area contributed by atoms with Crippen LogP contribution in [-0.4, -0.2) is 22.0 Å². The number of anilines is 2. The van der Waals surface area contributed by atoms with Crippen molar-refractivity contribution in [3.8, 4) is 0 Å². The molecule has 0 aliphatic heterocycles. The van der Waals surface area contributed by atoms with E-state index in [0.29, 0.717) is 23.9 Å². The van der Waals surface area contributed by atoms with Crippen LogP contribution in [0.2, 0.25) is 0 Å². The van der Waals surface area contributed by atoms with Gasteiger partial charge < -0.3 is 5.73 Å². The van der Waals surface area contributed by atoms with Crippen molar-refractivity contribution in [2.75, 3.05) is 17.2 Å². The first-order chi connectivity index (χ1) is 14.2. The highest BCUT2D eigenvalue weighted by molar-refractivity contribution is 7.14. The van der Waals surface area contributed by atoms with E-state index in [9.17, 15) is 14.4 Å². The van der Waals surface area contributed by atoms with Gasteiger partial charge in [0.15, 0.2) is 5.69 Å². The molecule has 7 nitrogen and oxygen atoms in total. The molecule has 3 N–H and O–H groups in total. The molecule has 8 heteroatoms. The van der Waals surface area contributed by atoms with Crippen molar-refractivity contribution in [3.05, 3.63) is 42.2 Å². The number of hydrogen-bond donors (Lipinski definition) is 2. The molecule has 3 rings (SSSR count). The van der Waals surface area contributed by atoms with Crippen molar-refractivity contribution in [2.45, 2.75) is 66.3 Å². The summed E-state index contributed by atoms with van der Waals surface area (Å²) in [5.41, 5.74) is 6.45. The van der Waals surface area contributed by atoms with Crippen LogP contribution < -0.4 is 21.9 Å². The van der Waals surface area contributed by atoms with Gasteiger partial charge in [-0.25, -0.2) is 4.79 Å². The zero-order chi connectivity index (χ0) is 22.0. The Kier molecular flexibility index (Phi) is 6.85. The van der Waals surface area contributed by atoms with Crippen molar-refractivity contribution in [1.29, 1.82) is 0 Å². The number of aromatic amines is 1. The second-order valence-corrected chi connectivity index (χ2v) is 9.85. The first kappa shape index (κ1) is 22.3. The van der Waals surface area contributed by atoms with Gasteiger partial charge >= 0.3 is 5.69 Å². The second kappa shape index (κ2) is 9.20. The van der Waals surface area contributed by atoms with Crippen molar-refractivity contribution in [1.82, 2.24) is 9.55 Å². The number of carbonyl (C=O) groups is 1. The van der Waals surface area contributed by atoms with Gasteiger partial charge in [-0.15, -0.1) is 11.3 Å². The molecule has 1 aliphatic carbocycles. The van der Waals surface area contributed by atoms with Crippen LogP contribution in [0.4, 0.5) is 11.5 Å². The molecule has 1 atom stereocenters. The van der Waals surface area contributed by atoms with Crippen LogP contribution in [0.25, 0.3) is 0 Å². The topological polar surface area (TPSA) is 101 Å². The number of rotatable bonds is 7. The molecule has 1 aliphatic rings. The lowest BCUT2D eigenvalue weighted by atomic mass is 9.90. The number of H-pyrrole nitrogens is 1. The fraction of sp³-hybridized carbons (Fsp3) is 0.591. The predicted molar refractivity (Wildman–Crippen MR) is 123 cm³/mol. The van der Waals surface area contributed by atoms with Crippen LogP contribution >= 0.6 is 11.3 Å². The minimum atomic E-state index is -0.616. The van der Waals surface area contributed by atoms with E-state index in [2.05, 4.69) is 11.9 Å². The Morgan fingerprint density at radius 1 is 1.40 bits per heavy atom. The van der Waals surface area contributed by atoms with Crippen LogP contribution in [0.1, 0.15) is 67.1 Å². The zero-order valence-electron chi connectivity index (χ0n) is 18.3. The van der Waals surface area contributed by atoms with Gasteiger partial charge in [0.1, 0.15) is 5.82 Å². The van der Waals surface area contributed by atoms with E-state index in [0.717, 1.165) is 32.1 Å². The predicted octanol–water partition coefficient (Wildman–Crippen LogP) is 3.41. The molecule has 2 heterocycles. The maximum atomic E-state index is 13.5. The molecule has 164 valence electrons. The Balaban J connectivity index is 2.06. The Morgan fingerprint density at radius 2 is 2.13 bits per heavy atom. The summed E-state index contributed by atoms with van der Waals surface area (Å²) in [6.07, 6.45) is 4.74. The van der Waals surface area contributed by atoms with E-state index < -0.39 is 11.2 Å². The number of aromatic nitrogens is 2. The van der Waals surface area contributed by atoms with Crippen molar-refractivity contribution in [3.63, 3.8) is 0 Å². The van der Waals surface area contributed by atoms with Crippen molar-refractivity contribution < 1.29 is 4.79 Å². The van der Waals surface area contributed by atoms with Gasteiger partial charge in [-0.05, 0) is 49.1 Å². The van der Waals surface area contributed by atoms with Crippen molar-refractivity contribution >= 4 is 28.7 Å². The number of unbranched alkanes of at least 4 members (excludes halogenated alkanes) is 1. The lowest BCUT2D eigenvalue weighted by Gasteiger charge is -2.25. The summed E-state index contributed by atoms with van der Waals surface area (Å²) < 4.78 is 1.36. The van der Waals surface area contributed by atoms with Gasteiger partial charge in [0.2, 0.25) is 0 Å². The molecule has 0 unspecified atom stereocenters. The molecule has 0 aromatic carbocycles. The highest BCUT2D eigenvalue weighted by Crippen LogP contribution is 2.33. The minimum Gasteiger partial charge on any atom is -0.383 e. The number of amides is 1. The van der Waals surface area contributed by atoms with Gasteiger partial charge in [0.25, 0.3) is 11.5 Å². The third-order valence-corrected chi connectivity index (χ3v) is 6.78. The Bertz CT molecular complexity index is 1030. The lowest BCUT2D eigenvalue weighted by molar-refractivity contribution is 0.0987. The third kappa shape index (κ3) is 4.53. The molecule has 1 amide bonds. The van der Waals surface area contributed by atoms with Gasteiger partial charge in [0, 0.05) is 18.0 Å². The number of nitrogens with two attached hydrogens (primary N) is 1. The smallest absolute Gasteiger partial charge is 0.330 e. The fourth-order valence-corrected chi connectivity index (χ4v) is 5.12. The van der Waals surface area contributed by atoms with E-state index in [-0.39, 0.29) is 23.3 Å². The van der Waals surface area contributed by atoms with Crippen LogP contribution in [-0.2, 0) is 19.4 Å². The summed E-state index contributed by atoms with van der Waals surface area (Å²) in [7, 11) is 0. The molecule has 0 bridgehead atoms. The molecule has 2 aromatic rings. The number of carbonyl (C=O) groups excluding carboxylic acids is 1. The van der Waals surface area contributed by atoms with E-state index in [4.69, 9.17) is 5.73 Å². The minimum absolute atomic E-state index is 0.0566. The van der Waals surface area contributed by atoms with Crippen molar-refractivity contribution in [2.24, 2.45) is 11.8 Å². The van der Waals surface area contributed by atoms with E-state index in [1.165, 1.54) is 31.2 Å². The summed E-state index contributed by atoms with van der Waals surface area (Å²) in [6.45, 7) is 8.96. The Morgan fingerprint density at radius 3 is 2.80 bits per heavy atom. The SMILES string of the molecule is CCCCn1c(N)c(N(CC(C)C)C(=O)c2cc3c(s2)CC[C@@H](C)C3)c(=O)[nH]c1=O. The van der Waals surface area contributed by atoms with Gasteiger partial charge in [0.05, 0.1) is 4.88 Å². The van der Waals surface area contributed by atoms with Crippen LogP contribution in [0.3, 0.4) is 0 Å². The molecule has 0 saturated carbocycles. The maximum Gasteiger partial charge on any atom is 0.330 e. The number of hydrogen-bond acceptors (Lipinski definition) is 5. The summed E-state index contributed by atoms with van der Waals surface area (Å²) >= 11 is 1.52. The van der Waals surface area contributed by atoms with Crippen LogP contribution in [0, 0.1) is 11.8 Å². The first-order valence-corrected chi connectivity index (χ1v) is 11.6. The Hall–Kier alpha value is -2.35. The molecule has 0 radical (unpaired) electrons. The number of nitrogens with one attached hydrogen (secondary N) is 1. The van der Waals surface area contributed by atoms with Crippen LogP contribution in [0.15, 0.2) is 15.7 Å². The molecular weight excluding hydrogens is 400 g/mol. The van der Waals surface area contributed by atoms with Gasteiger partial charge in [-0.1, -0.05) is 34.1 Å². The normalized spacial score (nSPS) is 16.0. The number of fused-ring (bicyclic) bond motifs is 1. The monoisotopic (exact) mass is 432 g/mol.